The second-order valence-electron chi connectivity index (χ2n) is 7.65. The Hall–Kier alpha value is -2.64. The van der Waals surface area contributed by atoms with E-state index >= 15 is 0 Å². The first kappa shape index (κ1) is 19.7. The summed E-state index contributed by atoms with van der Waals surface area (Å²) in [6, 6.07) is 8.23. The quantitative estimate of drug-likeness (QED) is 0.640. The van der Waals surface area contributed by atoms with Crippen LogP contribution in [-0.4, -0.2) is 65.0 Å². The fourth-order valence-corrected chi connectivity index (χ4v) is 4.05. The maximum absolute atomic E-state index is 5.53. The van der Waals surface area contributed by atoms with E-state index in [1.165, 1.54) is 11.1 Å². The number of ether oxygens (including phenoxy) is 2. The maximum atomic E-state index is 5.53. The highest BCUT2D eigenvalue weighted by atomic mass is 16.5. The van der Waals surface area contributed by atoms with Crippen LogP contribution in [0.3, 0.4) is 0 Å². The van der Waals surface area contributed by atoms with Crippen LogP contribution in [0.15, 0.2) is 30.5 Å². The smallest absolute Gasteiger partial charge is 0.157 e. The number of rotatable bonds is 6. The largest absolute Gasteiger partial charge is 0.497 e. The van der Waals surface area contributed by atoms with E-state index in [1.54, 1.807) is 14.2 Å². The molecule has 7 heteroatoms. The molecule has 1 saturated heterocycles. The molecule has 1 fully saturated rings. The van der Waals surface area contributed by atoms with Crippen molar-refractivity contribution in [2.75, 3.05) is 40.4 Å². The summed E-state index contributed by atoms with van der Waals surface area (Å²) in [5, 5.41) is 5.62. The molecule has 1 aliphatic rings. The van der Waals surface area contributed by atoms with Crippen molar-refractivity contribution in [3.8, 4) is 11.5 Å². The highest BCUT2D eigenvalue weighted by molar-refractivity contribution is 5.78. The van der Waals surface area contributed by atoms with Gasteiger partial charge in [-0.15, -0.1) is 0 Å². The Kier molecular flexibility index (Phi) is 5.69. The molecule has 2 aromatic heterocycles. The van der Waals surface area contributed by atoms with Crippen LogP contribution in [-0.2, 0) is 20.1 Å². The molecule has 0 N–H and O–H groups in total. The summed E-state index contributed by atoms with van der Waals surface area (Å²) in [6.45, 7) is 7.97. The van der Waals surface area contributed by atoms with Gasteiger partial charge in [-0.05, 0) is 36.8 Å². The van der Waals surface area contributed by atoms with Gasteiger partial charge in [0.15, 0.2) is 5.65 Å². The maximum Gasteiger partial charge on any atom is 0.157 e. The molecule has 154 valence electrons. The minimum atomic E-state index is 0.869. The molecule has 7 nitrogen and oxygen atoms in total. The van der Waals surface area contributed by atoms with Gasteiger partial charge in [0.05, 0.1) is 19.9 Å². The number of hydrogen-bond acceptors (Lipinski definition) is 6. The van der Waals surface area contributed by atoms with Crippen molar-refractivity contribution in [3.63, 3.8) is 0 Å². The molecule has 0 bridgehead atoms. The number of pyridine rings is 1. The second kappa shape index (κ2) is 8.39. The summed E-state index contributed by atoms with van der Waals surface area (Å²) in [7, 11) is 5.36. The third-order valence-electron chi connectivity index (χ3n) is 5.67. The van der Waals surface area contributed by atoms with Crippen LogP contribution in [0.1, 0.15) is 16.8 Å². The van der Waals surface area contributed by atoms with Gasteiger partial charge in [-0.25, -0.2) is 4.98 Å². The molecule has 0 atom stereocenters. The molecule has 0 amide bonds. The van der Waals surface area contributed by atoms with Crippen LogP contribution in [0.25, 0.3) is 11.0 Å². The molecule has 29 heavy (non-hydrogen) atoms. The van der Waals surface area contributed by atoms with Gasteiger partial charge in [0, 0.05) is 63.5 Å². The molecule has 0 saturated carbocycles. The lowest BCUT2D eigenvalue weighted by molar-refractivity contribution is 0.121. The number of fused-ring (bicyclic) bond motifs is 1. The van der Waals surface area contributed by atoms with E-state index < -0.39 is 0 Å². The molecule has 1 aliphatic heterocycles. The number of piperazine rings is 1. The van der Waals surface area contributed by atoms with Crippen LogP contribution >= 0.6 is 0 Å². The predicted molar refractivity (Wildman–Crippen MR) is 113 cm³/mol. The Morgan fingerprint density at radius 1 is 0.966 bits per heavy atom. The SMILES string of the molecule is COc1ccc(OC)c(CN2CCN(Cc3cnc4c(c3)c(C)nn4C)CC2)c1. The zero-order valence-corrected chi connectivity index (χ0v) is 17.7. The van der Waals surface area contributed by atoms with E-state index in [0.29, 0.717) is 0 Å². The number of nitrogens with zero attached hydrogens (tertiary/aromatic N) is 5. The Morgan fingerprint density at radius 2 is 1.69 bits per heavy atom. The minimum absolute atomic E-state index is 0.869. The highest BCUT2D eigenvalue weighted by Gasteiger charge is 2.19. The van der Waals surface area contributed by atoms with Gasteiger partial charge in [-0.3, -0.25) is 14.5 Å². The van der Waals surface area contributed by atoms with E-state index in [0.717, 1.165) is 67.5 Å². The first-order chi connectivity index (χ1) is 14.1. The molecular formula is C22H29N5O2. The van der Waals surface area contributed by atoms with Gasteiger partial charge in [0.1, 0.15) is 11.5 Å². The Morgan fingerprint density at radius 3 is 2.38 bits per heavy atom. The lowest BCUT2D eigenvalue weighted by Gasteiger charge is -2.35. The minimum Gasteiger partial charge on any atom is -0.497 e. The zero-order chi connectivity index (χ0) is 20.4. The van der Waals surface area contributed by atoms with E-state index in [-0.39, 0.29) is 0 Å². The number of methoxy groups -OCH3 is 2. The number of aryl methyl sites for hydroxylation is 2. The van der Waals surface area contributed by atoms with E-state index in [9.17, 15) is 0 Å². The van der Waals surface area contributed by atoms with Crippen molar-refractivity contribution < 1.29 is 9.47 Å². The molecule has 1 aromatic carbocycles. The molecular weight excluding hydrogens is 366 g/mol. The van der Waals surface area contributed by atoms with Gasteiger partial charge < -0.3 is 9.47 Å². The van der Waals surface area contributed by atoms with Gasteiger partial charge in [-0.2, -0.15) is 5.10 Å². The van der Waals surface area contributed by atoms with Gasteiger partial charge in [0.25, 0.3) is 0 Å². The molecule has 0 unspecified atom stereocenters. The van der Waals surface area contributed by atoms with Crippen molar-refractivity contribution in [1.29, 1.82) is 0 Å². The van der Waals surface area contributed by atoms with E-state index in [2.05, 4.69) is 32.0 Å². The molecule has 4 rings (SSSR count). The molecule has 0 spiro atoms. The van der Waals surface area contributed by atoms with Crippen LogP contribution in [0.2, 0.25) is 0 Å². The van der Waals surface area contributed by atoms with Crippen LogP contribution < -0.4 is 9.47 Å². The van der Waals surface area contributed by atoms with Gasteiger partial charge in [-0.1, -0.05) is 0 Å². The fourth-order valence-electron chi connectivity index (χ4n) is 4.05. The van der Waals surface area contributed by atoms with Crippen LogP contribution in [0.4, 0.5) is 0 Å². The molecule has 0 aliphatic carbocycles. The summed E-state index contributed by atoms with van der Waals surface area (Å²) in [4.78, 5) is 9.58. The normalized spacial score (nSPS) is 15.7. The van der Waals surface area contributed by atoms with Crippen LogP contribution in [0.5, 0.6) is 11.5 Å². The first-order valence-corrected chi connectivity index (χ1v) is 10.0. The van der Waals surface area contributed by atoms with E-state index in [1.807, 2.05) is 37.0 Å². The van der Waals surface area contributed by atoms with Crippen molar-refractivity contribution in [2.45, 2.75) is 20.0 Å². The summed E-state index contributed by atoms with van der Waals surface area (Å²) in [5.41, 5.74) is 4.40. The van der Waals surface area contributed by atoms with E-state index in [4.69, 9.17) is 9.47 Å². The Bertz CT molecular complexity index is 992. The average molecular weight is 396 g/mol. The van der Waals surface area contributed by atoms with Crippen molar-refractivity contribution in [3.05, 3.63) is 47.3 Å². The third kappa shape index (κ3) is 4.21. The predicted octanol–water partition coefficient (Wildman–Crippen LogP) is 2.61. The average Bonchev–Trinajstić information content (AvgIpc) is 3.02. The monoisotopic (exact) mass is 395 g/mol. The second-order valence-corrected chi connectivity index (χ2v) is 7.65. The first-order valence-electron chi connectivity index (χ1n) is 10.0. The number of aromatic nitrogens is 3. The molecule has 3 heterocycles. The summed E-state index contributed by atoms with van der Waals surface area (Å²) in [6.07, 6.45) is 1.98. The molecule has 3 aromatic rings. The van der Waals surface area contributed by atoms with Crippen molar-refractivity contribution >= 4 is 11.0 Å². The number of hydrogen-bond donors (Lipinski definition) is 0. The summed E-state index contributed by atoms with van der Waals surface area (Å²) in [5.74, 6) is 1.78. The third-order valence-corrected chi connectivity index (χ3v) is 5.67. The summed E-state index contributed by atoms with van der Waals surface area (Å²) < 4.78 is 12.7. The van der Waals surface area contributed by atoms with Gasteiger partial charge in [0.2, 0.25) is 0 Å². The zero-order valence-electron chi connectivity index (χ0n) is 17.7. The Balaban J connectivity index is 1.37. The van der Waals surface area contributed by atoms with Gasteiger partial charge >= 0.3 is 0 Å². The fraction of sp³-hybridized carbons (Fsp3) is 0.455. The molecule has 0 radical (unpaired) electrons. The lowest BCUT2D eigenvalue weighted by atomic mass is 10.1. The highest BCUT2D eigenvalue weighted by Crippen LogP contribution is 2.26. The Labute approximate surface area is 171 Å². The standard InChI is InChI=1S/C22H29N5O2/c1-16-20-11-17(13-23-22(20)25(2)24-16)14-26-7-9-27(10-8-26)15-18-12-19(28-3)5-6-21(18)29-4/h5-6,11-13H,7-10,14-15H2,1-4H3. The number of benzene rings is 1. The topological polar surface area (TPSA) is 55.7 Å². The van der Waals surface area contributed by atoms with Crippen LogP contribution in [0, 0.1) is 6.92 Å². The van der Waals surface area contributed by atoms with Crippen molar-refractivity contribution in [2.24, 2.45) is 7.05 Å². The van der Waals surface area contributed by atoms with Crippen molar-refractivity contribution in [1.82, 2.24) is 24.6 Å². The lowest BCUT2D eigenvalue weighted by Crippen LogP contribution is -2.45. The summed E-state index contributed by atoms with van der Waals surface area (Å²) >= 11 is 0.